The Morgan fingerprint density at radius 1 is 1.41 bits per heavy atom. The summed E-state index contributed by atoms with van der Waals surface area (Å²) in [4.78, 5) is 19.2. The number of aryl methyl sites for hydroxylation is 1. The van der Waals surface area contributed by atoms with Crippen molar-refractivity contribution in [2.75, 3.05) is 16.8 Å². The predicted octanol–water partition coefficient (Wildman–Crippen LogP) is 2.56. The number of aldehydes is 1. The van der Waals surface area contributed by atoms with Crippen molar-refractivity contribution in [3.05, 3.63) is 16.5 Å². The van der Waals surface area contributed by atoms with Crippen molar-refractivity contribution in [1.82, 2.24) is 9.97 Å². The molecule has 0 aromatic carbocycles. The van der Waals surface area contributed by atoms with Crippen LogP contribution >= 0.6 is 23.4 Å². The molecule has 92 valence electrons. The molecule has 2 rings (SSSR count). The van der Waals surface area contributed by atoms with Crippen LogP contribution in [0.5, 0.6) is 0 Å². The van der Waals surface area contributed by atoms with Gasteiger partial charge in [0.15, 0.2) is 6.29 Å². The van der Waals surface area contributed by atoms with Crippen LogP contribution in [0.2, 0.25) is 5.15 Å². The van der Waals surface area contributed by atoms with E-state index in [1.54, 1.807) is 6.92 Å². The van der Waals surface area contributed by atoms with Gasteiger partial charge >= 0.3 is 0 Å². The van der Waals surface area contributed by atoms with Gasteiger partial charge in [0.25, 0.3) is 0 Å². The molecule has 17 heavy (non-hydrogen) atoms. The number of nitrogens with one attached hydrogen (secondary N) is 1. The molecule has 0 bridgehead atoms. The van der Waals surface area contributed by atoms with Gasteiger partial charge < -0.3 is 5.32 Å². The highest BCUT2D eigenvalue weighted by atomic mass is 35.5. The molecule has 1 fully saturated rings. The lowest BCUT2D eigenvalue weighted by atomic mass is 10.1. The molecule has 0 atom stereocenters. The average Bonchev–Trinajstić information content (AvgIpc) is 2.30. The summed E-state index contributed by atoms with van der Waals surface area (Å²) in [6.07, 6.45) is 2.88. The number of nitrogens with zero attached hydrogens (tertiary/aromatic N) is 2. The summed E-state index contributed by atoms with van der Waals surface area (Å²) in [5.74, 6) is 3.43. The van der Waals surface area contributed by atoms with Gasteiger partial charge in [-0.15, -0.1) is 0 Å². The second-order valence-corrected chi connectivity index (χ2v) is 5.56. The van der Waals surface area contributed by atoms with Crippen LogP contribution in [0.3, 0.4) is 0 Å². The number of aromatic nitrogens is 2. The Balaban J connectivity index is 2.21. The zero-order valence-electron chi connectivity index (χ0n) is 9.57. The van der Waals surface area contributed by atoms with Crippen LogP contribution in [0.25, 0.3) is 0 Å². The Bertz CT molecular complexity index is 421. The summed E-state index contributed by atoms with van der Waals surface area (Å²) in [6.45, 7) is 1.77. The minimum atomic E-state index is 0.222. The van der Waals surface area contributed by atoms with Crippen molar-refractivity contribution >= 4 is 35.5 Å². The fourth-order valence-corrected chi connectivity index (χ4v) is 3.16. The monoisotopic (exact) mass is 271 g/mol. The highest BCUT2D eigenvalue weighted by Gasteiger charge is 2.17. The molecular formula is C11H14ClN3OS. The average molecular weight is 272 g/mol. The van der Waals surface area contributed by atoms with E-state index in [0.717, 1.165) is 24.3 Å². The summed E-state index contributed by atoms with van der Waals surface area (Å²) in [5, 5.41) is 3.52. The van der Waals surface area contributed by atoms with E-state index in [-0.39, 0.29) is 5.15 Å². The number of carbonyl (C=O) groups is 1. The third-order valence-electron chi connectivity index (χ3n) is 2.69. The molecule has 0 unspecified atom stereocenters. The highest BCUT2D eigenvalue weighted by molar-refractivity contribution is 7.99. The van der Waals surface area contributed by atoms with E-state index in [1.807, 2.05) is 11.8 Å². The summed E-state index contributed by atoms with van der Waals surface area (Å²) in [7, 11) is 0. The van der Waals surface area contributed by atoms with Crippen LogP contribution in [0, 0.1) is 6.92 Å². The molecule has 0 amide bonds. The van der Waals surface area contributed by atoms with Gasteiger partial charge in [-0.2, -0.15) is 11.8 Å². The van der Waals surface area contributed by atoms with E-state index in [4.69, 9.17) is 11.6 Å². The molecule has 1 aromatic heterocycles. The van der Waals surface area contributed by atoms with Gasteiger partial charge in [0.1, 0.15) is 16.8 Å². The highest BCUT2D eigenvalue weighted by Crippen LogP contribution is 2.24. The summed E-state index contributed by atoms with van der Waals surface area (Å²) in [6, 6.07) is 0.375. The molecule has 1 aromatic rings. The van der Waals surface area contributed by atoms with Crippen molar-refractivity contribution in [3.63, 3.8) is 0 Å². The number of hydrogen-bond acceptors (Lipinski definition) is 5. The summed E-state index contributed by atoms with van der Waals surface area (Å²) < 4.78 is 0. The van der Waals surface area contributed by atoms with Gasteiger partial charge in [0.2, 0.25) is 0 Å². The van der Waals surface area contributed by atoms with E-state index in [1.165, 1.54) is 0 Å². The van der Waals surface area contributed by atoms with E-state index >= 15 is 0 Å². The zero-order valence-corrected chi connectivity index (χ0v) is 11.1. The molecule has 1 N–H and O–H groups in total. The molecule has 0 spiro atoms. The van der Waals surface area contributed by atoms with Crippen LogP contribution in [0.4, 0.5) is 5.82 Å². The first-order chi connectivity index (χ1) is 8.20. The van der Waals surface area contributed by atoms with Crippen LogP contribution in [0.15, 0.2) is 0 Å². The molecule has 1 aliphatic heterocycles. The van der Waals surface area contributed by atoms with Gasteiger partial charge in [-0.1, -0.05) is 11.6 Å². The van der Waals surface area contributed by atoms with E-state index in [2.05, 4.69) is 15.3 Å². The van der Waals surface area contributed by atoms with Crippen molar-refractivity contribution in [2.45, 2.75) is 25.8 Å². The zero-order chi connectivity index (χ0) is 12.3. The molecular weight excluding hydrogens is 258 g/mol. The van der Waals surface area contributed by atoms with Crippen molar-refractivity contribution < 1.29 is 4.79 Å². The Morgan fingerprint density at radius 3 is 2.76 bits per heavy atom. The minimum absolute atomic E-state index is 0.222. The van der Waals surface area contributed by atoms with Gasteiger partial charge in [-0.3, -0.25) is 4.79 Å². The number of rotatable bonds is 3. The van der Waals surface area contributed by atoms with Crippen LogP contribution in [0.1, 0.15) is 29.0 Å². The Morgan fingerprint density at radius 2 is 2.12 bits per heavy atom. The second kappa shape index (κ2) is 5.69. The lowest BCUT2D eigenvalue weighted by molar-refractivity contribution is 0.112. The third-order valence-corrected chi connectivity index (χ3v) is 4.03. The molecule has 2 heterocycles. The smallest absolute Gasteiger partial charge is 0.156 e. The Labute approximate surface area is 110 Å². The number of carbonyl (C=O) groups excluding carboxylic acids is 1. The standard InChI is InChI=1S/C11H14ClN3OS/c1-7-13-10(12)9(6-16)11(14-7)15-8-2-4-17-5-3-8/h6,8H,2-5H2,1H3,(H,13,14,15). The number of anilines is 1. The molecule has 0 aliphatic carbocycles. The summed E-state index contributed by atoms with van der Waals surface area (Å²) >= 11 is 7.88. The second-order valence-electron chi connectivity index (χ2n) is 3.97. The van der Waals surface area contributed by atoms with Gasteiger partial charge in [-0.25, -0.2) is 9.97 Å². The predicted molar refractivity (Wildman–Crippen MR) is 71.1 cm³/mol. The first-order valence-electron chi connectivity index (χ1n) is 5.54. The normalized spacial score (nSPS) is 16.8. The van der Waals surface area contributed by atoms with Crippen LogP contribution < -0.4 is 5.32 Å². The molecule has 1 saturated heterocycles. The van der Waals surface area contributed by atoms with Crippen LogP contribution in [-0.2, 0) is 0 Å². The van der Waals surface area contributed by atoms with Crippen molar-refractivity contribution in [1.29, 1.82) is 0 Å². The lowest BCUT2D eigenvalue weighted by Crippen LogP contribution is -2.26. The van der Waals surface area contributed by atoms with Gasteiger partial charge in [-0.05, 0) is 31.3 Å². The Kier molecular flexibility index (Phi) is 4.23. The van der Waals surface area contributed by atoms with Gasteiger partial charge in [0, 0.05) is 6.04 Å². The van der Waals surface area contributed by atoms with Gasteiger partial charge in [0.05, 0.1) is 5.56 Å². The number of thioether (sulfide) groups is 1. The maximum atomic E-state index is 11.0. The van der Waals surface area contributed by atoms with Crippen LogP contribution in [-0.4, -0.2) is 33.8 Å². The lowest BCUT2D eigenvalue weighted by Gasteiger charge is -2.23. The largest absolute Gasteiger partial charge is 0.367 e. The van der Waals surface area contributed by atoms with E-state index in [0.29, 0.717) is 29.5 Å². The first kappa shape index (κ1) is 12.6. The number of hydrogen-bond donors (Lipinski definition) is 1. The van der Waals surface area contributed by atoms with Crippen molar-refractivity contribution in [3.8, 4) is 0 Å². The first-order valence-corrected chi connectivity index (χ1v) is 7.07. The quantitative estimate of drug-likeness (QED) is 0.676. The molecule has 0 radical (unpaired) electrons. The maximum absolute atomic E-state index is 11.0. The SMILES string of the molecule is Cc1nc(Cl)c(C=O)c(NC2CCSCC2)n1. The maximum Gasteiger partial charge on any atom is 0.156 e. The molecule has 6 heteroatoms. The molecule has 4 nitrogen and oxygen atoms in total. The topological polar surface area (TPSA) is 54.9 Å². The minimum Gasteiger partial charge on any atom is -0.367 e. The fraction of sp³-hybridized carbons (Fsp3) is 0.545. The summed E-state index contributed by atoms with van der Waals surface area (Å²) in [5.41, 5.74) is 0.357. The van der Waals surface area contributed by atoms with Crippen molar-refractivity contribution in [2.24, 2.45) is 0 Å². The molecule has 1 aliphatic rings. The van der Waals surface area contributed by atoms with E-state index in [9.17, 15) is 4.79 Å². The molecule has 0 saturated carbocycles. The Hall–Kier alpha value is -0.810. The fourth-order valence-electron chi connectivity index (χ4n) is 1.80. The third kappa shape index (κ3) is 3.10. The van der Waals surface area contributed by atoms with E-state index < -0.39 is 0 Å². The number of halogens is 1.